The normalized spacial score (nSPS) is 18.7. The number of likely N-dealkylation sites (tertiary alicyclic amines) is 2. The molecule has 3 N–H and O–H groups in total. The molecule has 3 aliphatic rings. The smallest absolute Gasteiger partial charge is 0.418 e. The van der Waals surface area contributed by atoms with Crippen LogP contribution >= 0.6 is 11.6 Å². The van der Waals surface area contributed by atoms with Crippen molar-refractivity contribution in [1.29, 1.82) is 0 Å². The summed E-state index contributed by atoms with van der Waals surface area (Å²) in [7, 11) is 1.30. The monoisotopic (exact) mass is 677 g/mol. The number of nitrogens with one attached hydrogen (secondary N) is 1. The number of rotatable bonds is 7. The van der Waals surface area contributed by atoms with Crippen molar-refractivity contribution in [3.05, 3.63) is 58.1 Å². The first-order valence-corrected chi connectivity index (χ1v) is 16.2. The van der Waals surface area contributed by atoms with E-state index in [2.05, 4.69) is 5.32 Å². The highest BCUT2D eigenvalue weighted by Gasteiger charge is 2.37. The van der Waals surface area contributed by atoms with E-state index in [-0.39, 0.29) is 72.3 Å². The molecule has 10 nitrogen and oxygen atoms in total. The quantitative estimate of drug-likeness (QED) is 0.315. The second-order valence-electron chi connectivity index (χ2n) is 12.4. The standard InChI is InChI=1S/C33H39ClF3N5O5/c1-47-31(45)22-6-11-41(12-7-22)30(44)23(16-20-17-25(33(35,36)37)29(38)26(34)18-20)19-28(43)40-13-9-24(10-14-40)42-15-8-21-4-2-3-5-27(21)39-32(42)46/h2-5,17-18,22-24H,6-16,19,38H2,1H3,(H,39,46)/t23-/m0/s1. The fraction of sp³-hybridized carbons (Fsp3) is 0.515. The van der Waals surface area contributed by atoms with Gasteiger partial charge in [0.15, 0.2) is 0 Å². The van der Waals surface area contributed by atoms with Crippen LogP contribution in [0.2, 0.25) is 5.02 Å². The lowest BCUT2D eigenvalue weighted by atomic mass is 9.90. The Bertz CT molecular complexity index is 1510. The third-order valence-electron chi connectivity index (χ3n) is 9.49. The number of alkyl halides is 3. The van der Waals surface area contributed by atoms with Crippen molar-refractivity contribution in [2.75, 3.05) is 50.9 Å². The number of urea groups is 1. The predicted octanol–water partition coefficient (Wildman–Crippen LogP) is 4.98. The van der Waals surface area contributed by atoms with E-state index >= 15 is 0 Å². The summed E-state index contributed by atoms with van der Waals surface area (Å²) in [4.78, 5) is 57.5. The lowest BCUT2D eigenvalue weighted by Crippen LogP contribution is -2.50. The van der Waals surface area contributed by atoms with Crippen molar-refractivity contribution < 1.29 is 37.1 Å². The molecule has 0 radical (unpaired) electrons. The molecule has 1 atom stereocenters. The lowest BCUT2D eigenvalue weighted by molar-refractivity contribution is -0.150. The first-order chi connectivity index (χ1) is 22.3. The van der Waals surface area contributed by atoms with Gasteiger partial charge in [-0.25, -0.2) is 4.79 Å². The Kier molecular flexibility index (Phi) is 10.5. The van der Waals surface area contributed by atoms with Crippen LogP contribution in [0.1, 0.15) is 48.8 Å². The van der Waals surface area contributed by atoms with E-state index in [4.69, 9.17) is 22.1 Å². The largest absolute Gasteiger partial charge is 0.469 e. The van der Waals surface area contributed by atoms with Gasteiger partial charge in [0.1, 0.15) is 0 Å². The van der Waals surface area contributed by atoms with Crippen molar-refractivity contribution in [3.8, 4) is 0 Å². The van der Waals surface area contributed by atoms with Crippen LogP contribution < -0.4 is 11.1 Å². The van der Waals surface area contributed by atoms with Gasteiger partial charge in [0.25, 0.3) is 0 Å². The minimum atomic E-state index is -4.76. The zero-order chi connectivity index (χ0) is 33.9. The van der Waals surface area contributed by atoms with Crippen LogP contribution in [0.4, 0.5) is 29.3 Å². The molecule has 0 unspecified atom stereocenters. The van der Waals surface area contributed by atoms with Crippen molar-refractivity contribution in [1.82, 2.24) is 14.7 Å². The summed E-state index contributed by atoms with van der Waals surface area (Å²) in [5.41, 5.74) is 5.92. The molecule has 0 aliphatic carbocycles. The Hall–Kier alpha value is -4.00. The molecule has 0 spiro atoms. The molecule has 14 heteroatoms. The molecule has 2 aromatic rings. The number of methoxy groups -OCH3 is 1. The fourth-order valence-electron chi connectivity index (χ4n) is 6.82. The van der Waals surface area contributed by atoms with Gasteiger partial charge in [-0.3, -0.25) is 14.4 Å². The van der Waals surface area contributed by atoms with Crippen LogP contribution in [0.3, 0.4) is 0 Å². The van der Waals surface area contributed by atoms with Gasteiger partial charge in [-0.2, -0.15) is 13.2 Å². The molecule has 2 aromatic carbocycles. The number of halogens is 4. The molecular weight excluding hydrogens is 639 g/mol. The highest BCUT2D eigenvalue weighted by Crippen LogP contribution is 2.38. The van der Waals surface area contributed by atoms with Crippen molar-refractivity contribution in [2.24, 2.45) is 11.8 Å². The summed E-state index contributed by atoms with van der Waals surface area (Å²) in [6.07, 6.45) is -2.55. The first kappa shape index (κ1) is 34.3. The summed E-state index contributed by atoms with van der Waals surface area (Å²) >= 11 is 6.08. The Morgan fingerprint density at radius 3 is 2.34 bits per heavy atom. The number of piperidine rings is 2. The number of esters is 1. The molecule has 2 saturated heterocycles. The molecule has 4 amide bonds. The van der Waals surface area contributed by atoms with Crippen LogP contribution in [-0.4, -0.2) is 84.4 Å². The molecule has 254 valence electrons. The van der Waals surface area contributed by atoms with E-state index in [1.54, 1.807) is 9.80 Å². The number of hydrogen-bond donors (Lipinski definition) is 2. The number of nitrogen functional groups attached to an aromatic ring is 1. The van der Waals surface area contributed by atoms with Gasteiger partial charge < -0.3 is 30.5 Å². The number of nitrogens with two attached hydrogens (primary N) is 1. The number of anilines is 2. The maximum absolute atomic E-state index is 13.8. The summed E-state index contributed by atoms with van der Waals surface area (Å²) in [6, 6.07) is 9.60. The molecule has 0 saturated carbocycles. The van der Waals surface area contributed by atoms with Crippen molar-refractivity contribution in [3.63, 3.8) is 0 Å². The topological polar surface area (TPSA) is 125 Å². The van der Waals surface area contributed by atoms with E-state index < -0.39 is 23.3 Å². The maximum atomic E-state index is 13.8. The second-order valence-corrected chi connectivity index (χ2v) is 12.8. The van der Waals surface area contributed by atoms with Gasteiger partial charge >= 0.3 is 18.2 Å². The van der Waals surface area contributed by atoms with Crippen LogP contribution in [0, 0.1) is 11.8 Å². The average Bonchev–Trinajstić information content (AvgIpc) is 3.22. The molecule has 0 bridgehead atoms. The van der Waals surface area contributed by atoms with Crippen LogP contribution in [0.5, 0.6) is 0 Å². The molecular formula is C33H39ClF3N5O5. The van der Waals surface area contributed by atoms with E-state index in [0.717, 1.165) is 17.3 Å². The third-order valence-corrected chi connectivity index (χ3v) is 9.80. The highest BCUT2D eigenvalue weighted by molar-refractivity contribution is 6.33. The van der Waals surface area contributed by atoms with Crippen molar-refractivity contribution >= 4 is 46.8 Å². The number of hydrogen-bond acceptors (Lipinski definition) is 6. The van der Waals surface area contributed by atoms with Crippen molar-refractivity contribution in [2.45, 2.75) is 57.2 Å². The zero-order valence-corrected chi connectivity index (χ0v) is 26.9. The molecule has 3 aliphatic heterocycles. The Labute approximate surface area is 276 Å². The van der Waals surface area contributed by atoms with Gasteiger partial charge in [-0.05, 0) is 67.9 Å². The Morgan fingerprint density at radius 2 is 1.68 bits per heavy atom. The number of fused-ring (bicyclic) bond motifs is 1. The molecule has 3 heterocycles. The predicted molar refractivity (Wildman–Crippen MR) is 169 cm³/mol. The number of ether oxygens (including phenoxy) is 1. The fourth-order valence-corrected chi connectivity index (χ4v) is 7.06. The average molecular weight is 678 g/mol. The zero-order valence-electron chi connectivity index (χ0n) is 26.2. The van der Waals surface area contributed by atoms with E-state index in [9.17, 15) is 32.3 Å². The highest BCUT2D eigenvalue weighted by atomic mass is 35.5. The summed E-state index contributed by atoms with van der Waals surface area (Å²) in [6.45, 7) is 1.81. The Morgan fingerprint density at radius 1 is 1.02 bits per heavy atom. The van der Waals surface area contributed by atoms with Gasteiger partial charge in [0.05, 0.1) is 35.2 Å². The number of benzene rings is 2. The molecule has 2 fully saturated rings. The number of nitrogens with zero attached hydrogens (tertiary/aromatic N) is 3. The van der Waals surface area contributed by atoms with Gasteiger partial charge in [-0.15, -0.1) is 0 Å². The molecule has 5 rings (SSSR count). The first-order valence-electron chi connectivity index (χ1n) is 15.8. The van der Waals surface area contributed by atoms with E-state index in [1.165, 1.54) is 13.2 Å². The number of amides is 4. The van der Waals surface area contributed by atoms with Gasteiger partial charge in [0.2, 0.25) is 11.8 Å². The summed E-state index contributed by atoms with van der Waals surface area (Å²) < 4.78 is 46.0. The number of carbonyl (C=O) groups is 4. The maximum Gasteiger partial charge on any atom is 0.418 e. The summed E-state index contributed by atoms with van der Waals surface area (Å²) in [5, 5.41) is 2.70. The third kappa shape index (κ3) is 7.94. The SMILES string of the molecule is COC(=O)C1CCN(C(=O)[C@H](CC(=O)N2CCC(N3CCc4ccccc4NC3=O)CC2)Cc2cc(Cl)c(N)c(C(F)(F)F)c2)CC1. The Balaban J connectivity index is 1.27. The van der Waals surface area contributed by atoms with Gasteiger partial charge in [0, 0.05) is 50.9 Å². The van der Waals surface area contributed by atoms with Crippen LogP contribution in [0.25, 0.3) is 0 Å². The minimum Gasteiger partial charge on any atom is -0.469 e. The number of carbonyl (C=O) groups excluding carboxylic acids is 4. The van der Waals surface area contributed by atoms with Crippen LogP contribution in [-0.2, 0) is 38.1 Å². The molecule has 47 heavy (non-hydrogen) atoms. The second kappa shape index (κ2) is 14.4. The van der Waals surface area contributed by atoms with E-state index in [0.29, 0.717) is 51.7 Å². The summed E-state index contributed by atoms with van der Waals surface area (Å²) in [5.74, 6) is -2.34. The van der Waals surface area contributed by atoms with Gasteiger partial charge in [-0.1, -0.05) is 29.8 Å². The lowest BCUT2D eigenvalue weighted by Gasteiger charge is -2.38. The number of para-hydroxylation sites is 1. The minimum absolute atomic E-state index is 0.0698. The van der Waals surface area contributed by atoms with E-state index in [1.807, 2.05) is 29.2 Å². The molecule has 0 aromatic heterocycles. The van der Waals surface area contributed by atoms with Crippen LogP contribution in [0.15, 0.2) is 36.4 Å².